The summed E-state index contributed by atoms with van der Waals surface area (Å²) in [5, 5.41) is 4.23. The number of likely N-dealkylation sites (N-methyl/N-ethyl adjacent to an activating group) is 1. The van der Waals surface area contributed by atoms with E-state index in [0.717, 1.165) is 19.4 Å². The van der Waals surface area contributed by atoms with Crippen LogP contribution in [0.1, 0.15) is 31.2 Å². The highest BCUT2D eigenvalue weighted by molar-refractivity contribution is 5.07. The monoisotopic (exact) mass is 266 g/mol. The second kappa shape index (κ2) is 6.03. The van der Waals surface area contributed by atoms with Crippen molar-refractivity contribution < 1.29 is 4.74 Å². The minimum absolute atomic E-state index is 0.0388. The van der Waals surface area contributed by atoms with Crippen molar-refractivity contribution in [2.24, 2.45) is 12.8 Å². The van der Waals surface area contributed by atoms with Crippen molar-refractivity contribution in [1.82, 2.24) is 14.7 Å². The summed E-state index contributed by atoms with van der Waals surface area (Å²) in [4.78, 5) is 2.36. The van der Waals surface area contributed by atoms with E-state index in [1.807, 2.05) is 17.9 Å². The minimum atomic E-state index is -0.0388. The summed E-state index contributed by atoms with van der Waals surface area (Å²) in [6.07, 6.45) is 8.89. The predicted molar refractivity (Wildman–Crippen MR) is 75.7 cm³/mol. The van der Waals surface area contributed by atoms with Gasteiger partial charge in [-0.3, -0.25) is 9.58 Å². The van der Waals surface area contributed by atoms with Crippen molar-refractivity contribution in [1.29, 1.82) is 0 Å². The summed E-state index contributed by atoms with van der Waals surface area (Å²) in [6.45, 7) is 1.51. The third kappa shape index (κ3) is 2.83. The largest absolute Gasteiger partial charge is 0.379 e. The molecule has 0 saturated heterocycles. The highest BCUT2D eigenvalue weighted by Gasteiger charge is 2.43. The van der Waals surface area contributed by atoms with Gasteiger partial charge >= 0.3 is 0 Å². The molecule has 0 aliphatic heterocycles. The van der Waals surface area contributed by atoms with Crippen LogP contribution in [0.2, 0.25) is 0 Å². The molecule has 2 N–H and O–H groups in total. The molecule has 1 aromatic heterocycles. The highest BCUT2D eigenvalue weighted by atomic mass is 16.5. The standard InChI is InChI=1S/C14H26N4O/c1-17(9-12-8-16-18(2)10-12)14(11-15)7-5-4-6-13(14)19-3/h8,10,13H,4-7,9,11,15H2,1-3H3. The molecule has 2 rings (SSSR count). The Morgan fingerprint density at radius 2 is 2.37 bits per heavy atom. The summed E-state index contributed by atoms with van der Waals surface area (Å²) >= 11 is 0. The Balaban J connectivity index is 2.14. The molecule has 1 saturated carbocycles. The lowest BCUT2D eigenvalue weighted by molar-refractivity contribution is -0.0688. The fourth-order valence-corrected chi connectivity index (χ4v) is 3.34. The molecule has 0 radical (unpaired) electrons. The fourth-order valence-electron chi connectivity index (χ4n) is 3.34. The van der Waals surface area contributed by atoms with Gasteiger partial charge < -0.3 is 10.5 Å². The summed E-state index contributed by atoms with van der Waals surface area (Å²) in [5.41, 5.74) is 7.30. The van der Waals surface area contributed by atoms with E-state index >= 15 is 0 Å². The Kier molecular flexibility index (Phi) is 4.60. The van der Waals surface area contributed by atoms with E-state index in [1.54, 1.807) is 7.11 Å². The lowest BCUT2D eigenvalue weighted by Crippen LogP contribution is -2.61. The quantitative estimate of drug-likeness (QED) is 0.868. The first kappa shape index (κ1) is 14.5. The maximum absolute atomic E-state index is 6.12. The Bertz CT molecular complexity index is 406. The van der Waals surface area contributed by atoms with Crippen molar-refractivity contribution in [3.63, 3.8) is 0 Å². The number of hydrogen-bond acceptors (Lipinski definition) is 4. The lowest BCUT2D eigenvalue weighted by Gasteiger charge is -2.48. The molecule has 2 unspecified atom stereocenters. The second-order valence-electron chi connectivity index (χ2n) is 5.66. The second-order valence-corrected chi connectivity index (χ2v) is 5.66. The van der Waals surface area contributed by atoms with Gasteiger partial charge in [-0.05, 0) is 19.9 Å². The number of hydrogen-bond donors (Lipinski definition) is 1. The number of aryl methyl sites for hydroxylation is 1. The number of nitrogens with zero attached hydrogens (tertiary/aromatic N) is 3. The lowest BCUT2D eigenvalue weighted by atomic mass is 9.77. The molecule has 0 amide bonds. The fraction of sp³-hybridized carbons (Fsp3) is 0.786. The number of aromatic nitrogens is 2. The third-order valence-corrected chi connectivity index (χ3v) is 4.50. The topological polar surface area (TPSA) is 56.3 Å². The van der Waals surface area contributed by atoms with Crippen LogP contribution in [0, 0.1) is 0 Å². The van der Waals surface area contributed by atoms with Crippen LogP contribution in [-0.2, 0) is 18.3 Å². The maximum Gasteiger partial charge on any atom is 0.0767 e. The molecule has 0 spiro atoms. The van der Waals surface area contributed by atoms with E-state index in [4.69, 9.17) is 10.5 Å². The van der Waals surface area contributed by atoms with Gasteiger partial charge in [0.1, 0.15) is 0 Å². The van der Waals surface area contributed by atoms with E-state index in [0.29, 0.717) is 6.54 Å². The zero-order valence-electron chi connectivity index (χ0n) is 12.3. The molecule has 1 aliphatic carbocycles. The van der Waals surface area contributed by atoms with Gasteiger partial charge in [-0.15, -0.1) is 0 Å². The van der Waals surface area contributed by atoms with Gasteiger partial charge in [-0.1, -0.05) is 12.8 Å². The molecule has 1 fully saturated rings. The van der Waals surface area contributed by atoms with Gasteiger partial charge in [0, 0.05) is 39.0 Å². The molecule has 1 aromatic rings. The van der Waals surface area contributed by atoms with Gasteiger partial charge in [-0.2, -0.15) is 5.10 Å². The smallest absolute Gasteiger partial charge is 0.0767 e. The van der Waals surface area contributed by atoms with Gasteiger partial charge in [-0.25, -0.2) is 0 Å². The van der Waals surface area contributed by atoms with Crippen LogP contribution in [0.3, 0.4) is 0 Å². The zero-order valence-corrected chi connectivity index (χ0v) is 12.3. The van der Waals surface area contributed by atoms with E-state index in [1.165, 1.54) is 18.4 Å². The van der Waals surface area contributed by atoms with Crippen LogP contribution < -0.4 is 5.73 Å². The Hall–Kier alpha value is -0.910. The number of nitrogens with two attached hydrogens (primary N) is 1. The summed E-state index contributed by atoms with van der Waals surface area (Å²) in [5.74, 6) is 0. The van der Waals surface area contributed by atoms with Crippen molar-refractivity contribution in [3.8, 4) is 0 Å². The average molecular weight is 266 g/mol. The van der Waals surface area contributed by atoms with Gasteiger partial charge in [0.05, 0.1) is 17.8 Å². The first-order valence-electron chi connectivity index (χ1n) is 7.04. The predicted octanol–water partition coefficient (Wildman–Crippen LogP) is 1.14. The van der Waals surface area contributed by atoms with Crippen molar-refractivity contribution in [2.45, 2.75) is 43.9 Å². The summed E-state index contributed by atoms with van der Waals surface area (Å²) in [6, 6.07) is 0. The zero-order chi connectivity index (χ0) is 13.9. The van der Waals surface area contributed by atoms with Gasteiger partial charge in [0.2, 0.25) is 0 Å². The van der Waals surface area contributed by atoms with Crippen LogP contribution in [-0.4, -0.2) is 47.0 Å². The van der Waals surface area contributed by atoms with E-state index < -0.39 is 0 Å². The van der Waals surface area contributed by atoms with E-state index in [-0.39, 0.29) is 11.6 Å². The molecule has 5 heteroatoms. The van der Waals surface area contributed by atoms with Gasteiger partial charge in [0.25, 0.3) is 0 Å². The molecule has 108 valence electrons. The van der Waals surface area contributed by atoms with E-state index in [9.17, 15) is 0 Å². The number of ether oxygens (including phenoxy) is 1. The third-order valence-electron chi connectivity index (χ3n) is 4.50. The van der Waals surface area contributed by atoms with E-state index in [2.05, 4.69) is 23.2 Å². The first-order valence-corrected chi connectivity index (χ1v) is 7.04. The molecule has 0 bridgehead atoms. The van der Waals surface area contributed by atoms with Crippen LogP contribution in [0.25, 0.3) is 0 Å². The molecular weight excluding hydrogens is 240 g/mol. The molecule has 1 heterocycles. The molecule has 1 aliphatic rings. The highest BCUT2D eigenvalue weighted by Crippen LogP contribution is 2.35. The minimum Gasteiger partial charge on any atom is -0.379 e. The summed E-state index contributed by atoms with van der Waals surface area (Å²) < 4.78 is 7.56. The number of rotatable bonds is 5. The van der Waals surface area contributed by atoms with Crippen LogP contribution >= 0.6 is 0 Å². The average Bonchev–Trinajstić information content (AvgIpc) is 2.83. The number of methoxy groups -OCH3 is 1. The molecule has 5 nitrogen and oxygen atoms in total. The van der Waals surface area contributed by atoms with Crippen LogP contribution in [0.4, 0.5) is 0 Å². The van der Waals surface area contributed by atoms with Gasteiger partial charge in [0.15, 0.2) is 0 Å². The van der Waals surface area contributed by atoms with Crippen molar-refractivity contribution in [2.75, 3.05) is 20.7 Å². The SMILES string of the molecule is COC1CCCCC1(CN)N(C)Cc1cnn(C)c1. The van der Waals surface area contributed by atoms with Crippen LogP contribution in [0.5, 0.6) is 0 Å². The maximum atomic E-state index is 6.12. The Morgan fingerprint density at radius 3 is 2.95 bits per heavy atom. The van der Waals surface area contributed by atoms with Crippen molar-refractivity contribution in [3.05, 3.63) is 18.0 Å². The normalized spacial score (nSPS) is 27.9. The summed E-state index contributed by atoms with van der Waals surface area (Å²) in [7, 11) is 5.90. The Morgan fingerprint density at radius 1 is 1.58 bits per heavy atom. The van der Waals surface area contributed by atoms with Crippen molar-refractivity contribution >= 4 is 0 Å². The van der Waals surface area contributed by atoms with Crippen LogP contribution in [0.15, 0.2) is 12.4 Å². The molecule has 19 heavy (non-hydrogen) atoms. The Labute approximate surface area is 115 Å². The first-order chi connectivity index (χ1) is 9.12. The molecule has 2 atom stereocenters. The molecular formula is C14H26N4O. The molecule has 0 aromatic carbocycles.